The zero-order valence-electron chi connectivity index (χ0n) is 9.98. The minimum atomic E-state index is 0.433. The molecule has 1 heterocycles. The van der Waals surface area contributed by atoms with Crippen LogP contribution in [-0.4, -0.2) is 9.55 Å². The standard InChI is InChI=1S/C14H11Cl2N3/c15-10-5-2-1-4-9(10)8-19-13-11(16)6-3-7-12(13)18-14(19)17/h1-7H,8H2,(H2,17,18). The van der Waals surface area contributed by atoms with Crippen molar-refractivity contribution in [2.45, 2.75) is 6.54 Å². The fourth-order valence-electron chi connectivity index (χ4n) is 2.12. The minimum absolute atomic E-state index is 0.433. The van der Waals surface area contributed by atoms with Crippen LogP contribution < -0.4 is 5.73 Å². The fourth-order valence-corrected chi connectivity index (χ4v) is 2.58. The van der Waals surface area contributed by atoms with Crippen molar-refractivity contribution in [2.24, 2.45) is 0 Å². The first kappa shape index (κ1) is 12.3. The van der Waals surface area contributed by atoms with Crippen LogP contribution in [0.5, 0.6) is 0 Å². The molecule has 3 nitrogen and oxygen atoms in total. The Labute approximate surface area is 120 Å². The Bertz CT molecular complexity index is 750. The summed E-state index contributed by atoms with van der Waals surface area (Å²) in [6, 6.07) is 13.2. The molecule has 96 valence electrons. The predicted molar refractivity (Wildman–Crippen MR) is 79.7 cm³/mol. The highest BCUT2D eigenvalue weighted by atomic mass is 35.5. The van der Waals surface area contributed by atoms with Gasteiger partial charge in [-0.05, 0) is 23.8 Å². The molecule has 1 aromatic heterocycles. The largest absolute Gasteiger partial charge is 0.369 e. The van der Waals surface area contributed by atoms with Gasteiger partial charge in [-0.2, -0.15) is 0 Å². The van der Waals surface area contributed by atoms with Gasteiger partial charge in [0.1, 0.15) is 0 Å². The number of halogens is 2. The summed E-state index contributed by atoms with van der Waals surface area (Å²) in [5.41, 5.74) is 8.58. The number of nitrogens with two attached hydrogens (primary N) is 1. The van der Waals surface area contributed by atoms with Gasteiger partial charge in [-0.3, -0.25) is 0 Å². The van der Waals surface area contributed by atoms with E-state index in [1.165, 1.54) is 0 Å². The van der Waals surface area contributed by atoms with Crippen LogP contribution in [0.3, 0.4) is 0 Å². The van der Waals surface area contributed by atoms with Gasteiger partial charge in [0.15, 0.2) is 0 Å². The molecule has 2 N–H and O–H groups in total. The first-order valence-corrected chi connectivity index (χ1v) is 6.56. The van der Waals surface area contributed by atoms with Gasteiger partial charge in [0.2, 0.25) is 5.95 Å². The van der Waals surface area contributed by atoms with E-state index in [0.29, 0.717) is 22.5 Å². The number of para-hydroxylation sites is 1. The number of hydrogen-bond donors (Lipinski definition) is 1. The van der Waals surface area contributed by atoms with Crippen LogP contribution in [0.1, 0.15) is 5.56 Å². The fraction of sp³-hybridized carbons (Fsp3) is 0.0714. The first-order valence-electron chi connectivity index (χ1n) is 5.80. The summed E-state index contributed by atoms with van der Waals surface area (Å²) >= 11 is 12.4. The van der Waals surface area contributed by atoms with E-state index in [1.54, 1.807) is 0 Å². The maximum Gasteiger partial charge on any atom is 0.201 e. The molecule has 3 rings (SSSR count). The molecule has 0 radical (unpaired) electrons. The number of anilines is 1. The van der Waals surface area contributed by atoms with Gasteiger partial charge in [-0.1, -0.05) is 47.5 Å². The van der Waals surface area contributed by atoms with E-state index in [2.05, 4.69) is 4.98 Å². The molecule has 0 aliphatic rings. The van der Waals surface area contributed by atoms with Crippen LogP contribution in [-0.2, 0) is 6.54 Å². The van der Waals surface area contributed by atoms with Gasteiger partial charge in [0, 0.05) is 5.02 Å². The summed E-state index contributed by atoms with van der Waals surface area (Å²) < 4.78 is 1.87. The lowest BCUT2D eigenvalue weighted by Crippen LogP contribution is -2.05. The molecule has 0 saturated carbocycles. The molecular weight excluding hydrogens is 281 g/mol. The van der Waals surface area contributed by atoms with Crippen molar-refractivity contribution in [3.8, 4) is 0 Å². The third-order valence-corrected chi connectivity index (χ3v) is 3.71. The monoisotopic (exact) mass is 291 g/mol. The molecule has 0 spiro atoms. The summed E-state index contributed by atoms with van der Waals surface area (Å²) in [6.07, 6.45) is 0. The van der Waals surface area contributed by atoms with Gasteiger partial charge < -0.3 is 10.3 Å². The Morgan fingerprint density at radius 2 is 1.74 bits per heavy atom. The van der Waals surface area contributed by atoms with E-state index in [-0.39, 0.29) is 0 Å². The molecular formula is C14H11Cl2N3. The zero-order chi connectivity index (χ0) is 13.4. The number of nitrogen functional groups attached to an aromatic ring is 1. The van der Waals surface area contributed by atoms with Crippen molar-refractivity contribution in [1.82, 2.24) is 9.55 Å². The Morgan fingerprint density at radius 1 is 1.00 bits per heavy atom. The quantitative estimate of drug-likeness (QED) is 0.776. The number of imidazole rings is 1. The van der Waals surface area contributed by atoms with Crippen molar-refractivity contribution in [2.75, 3.05) is 5.73 Å². The molecule has 0 fully saturated rings. The molecule has 0 aliphatic carbocycles. The summed E-state index contributed by atoms with van der Waals surface area (Å²) in [6.45, 7) is 0.547. The molecule has 0 saturated heterocycles. The van der Waals surface area contributed by atoms with E-state index >= 15 is 0 Å². The predicted octanol–water partition coefficient (Wildman–Crippen LogP) is 3.97. The lowest BCUT2D eigenvalue weighted by molar-refractivity contribution is 0.839. The number of fused-ring (bicyclic) bond motifs is 1. The zero-order valence-corrected chi connectivity index (χ0v) is 11.5. The molecule has 0 bridgehead atoms. The van der Waals surface area contributed by atoms with Gasteiger partial charge in [0.05, 0.1) is 22.6 Å². The Kier molecular flexibility index (Phi) is 3.09. The van der Waals surface area contributed by atoms with Crippen molar-refractivity contribution in [1.29, 1.82) is 0 Å². The second-order valence-electron chi connectivity index (χ2n) is 4.26. The molecule has 3 aromatic rings. The summed E-state index contributed by atoms with van der Waals surface area (Å²) in [7, 11) is 0. The first-order chi connectivity index (χ1) is 9.16. The van der Waals surface area contributed by atoms with E-state index < -0.39 is 0 Å². The number of rotatable bonds is 2. The van der Waals surface area contributed by atoms with E-state index in [1.807, 2.05) is 47.0 Å². The molecule has 0 atom stereocenters. The smallest absolute Gasteiger partial charge is 0.201 e. The minimum Gasteiger partial charge on any atom is -0.369 e. The number of hydrogen-bond acceptors (Lipinski definition) is 2. The second-order valence-corrected chi connectivity index (χ2v) is 5.07. The second kappa shape index (κ2) is 4.76. The Hall–Kier alpha value is -1.71. The summed E-state index contributed by atoms with van der Waals surface area (Å²) in [5.74, 6) is 0.433. The van der Waals surface area contributed by atoms with Crippen LogP contribution in [0.4, 0.5) is 5.95 Å². The highest BCUT2D eigenvalue weighted by Crippen LogP contribution is 2.27. The number of benzene rings is 2. The summed E-state index contributed by atoms with van der Waals surface area (Å²) in [5, 5.41) is 1.34. The van der Waals surface area contributed by atoms with Crippen LogP contribution in [0.2, 0.25) is 10.0 Å². The molecule has 2 aromatic carbocycles. The topological polar surface area (TPSA) is 43.8 Å². The van der Waals surface area contributed by atoms with Crippen LogP contribution in [0, 0.1) is 0 Å². The van der Waals surface area contributed by atoms with Gasteiger partial charge in [0.25, 0.3) is 0 Å². The Balaban J connectivity index is 2.16. The lowest BCUT2D eigenvalue weighted by atomic mass is 10.2. The van der Waals surface area contributed by atoms with Crippen LogP contribution >= 0.6 is 23.2 Å². The van der Waals surface area contributed by atoms with Crippen LogP contribution in [0.25, 0.3) is 11.0 Å². The van der Waals surface area contributed by atoms with Crippen molar-refractivity contribution >= 4 is 40.2 Å². The van der Waals surface area contributed by atoms with Crippen LogP contribution in [0.15, 0.2) is 42.5 Å². The highest BCUT2D eigenvalue weighted by molar-refractivity contribution is 6.35. The third kappa shape index (κ3) is 2.15. The molecule has 0 unspecified atom stereocenters. The van der Waals surface area contributed by atoms with E-state index in [0.717, 1.165) is 16.6 Å². The van der Waals surface area contributed by atoms with Crippen molar-refractivity contribution in [3.63, 3.8) is 0 Å². The molecule has 0 aliphatic heterocycles. The SMILES string of the molecule is Nc1nc2cccc(Cl)c2n1Cc1ccccc1Cl. The number of nitrogens with zero attached hydrogens (tertiary/aromatic N) is 2. The molecule has 5 heteroatoms. The molecule has 0 amide bonds. The third-order valence-electron chi connectivity index (χ3n) is 3.03. The highest BCUT2D eigenvalue weighted by Gasteiger charge is 2.12. The average molecular weight is 292 g/mol. The van der Waals surface area contributed by atoms with Crippen molar-refractivity contribution < 1.29 is 0 Å². The van der Waals surface area contributed by atoms with E-state index in [4.69, 9.17) is 28.9 Å². The van der Waals surface area contributed by atoms with Crippen molar-refractivity contribution in [3.05, 3.63) is 58.1 Å². The van der Waals surface area contributed by atoms with Gasteiger partial charge in [-0.25, -0.2) is 4.98 Å². The normalized spacial score (nSPS) is 11.1. The maximum absolute atomic E-state index is 6.23. The summed E-state index contributed by atoms with van der Waals surface area (Å²) in [4.78, 5) is 4.31. The van der Waals surface area contributed by atoms with Gasteiger partial charge in [-0.15, -0.1) is 0 Å². The van der Waals surface area contributed by atoms with Gasteiger partial charge >= 0.3 is 0 Å². The van der Waals surface area contributed by atoms with E-state index in [9.17, 15) is 0 Å². The number of aromatic nitrogens is 2. The lowest BCUT2D eigenvalue weighted by Gasteiger charge is -2.09. The molecule has 19 heavy (non-hydrogen) atoms. The average Bonchev–Trinajstić information content (AvgIpc) is 2.70. The maximum atomic E-state index is 6.23. The Morgan fingerprint density at radius 3 is 2.53 bits per heavy atom.